The van der Waals surface area contributed by atoms with Crippen molar-refractivity contribution in [3.63, 3.8) is 0 Å². The molecule has 0 bridgehead atoms. The molecule has 0 spiro atoms. The number of carbonyl (C=O) groups excluding carboxylic acids is 4. The van der Waals surface area contributed by atoms with Crippen LogP contribution in [0.2, 0.25) is 0 Å². The number of oxime groups is 1. The first-order valence-corrected chi connectivity index (χ1v) is 10.5. The zero-order valence-electron chi connectivity index (χ0n) is 17.0. The first-order chi connectivity index (χ1) is 14.6. The number of aliphatic carboxylic acids is 1. The van der Waals surface area contributed by atoms with Crippen molar-refractivity contribution in [3.05, 3.63) is 34.5 Å². The Labute approximate surface area is 211 Å². The van der Waals surface area contributed by atoms with E-state index < -0.39 is 46.6 Å². The number of nitrogens with zero attached hydrogens (tertiary/aromatic N) is 3. The van der Waals surface area contributed by atoms with E-state index in [4.69, 9.17) is 15.7 Å². The molecule has 0 radical (unpaired) electrons. The first kappa shape index (κ1) is 25.9. The molecule has 3 heterocycles. The minimum atomic E-state index is -1.61. The number of nitrogens with two attached hydrogens (primary N) is 1. The van der Waals surface area contributed by atoms with E-state index in [9.17, 15) is 24.3 Å². The molecule has 1 aromatic heterocycles. The molecule has 3 rings (SSSR count). The smallest absolute Gasteiger partial charge is 0.543 e. The number of ether oxygens (including phenoxy) is 1. The number of carbonyl (C=O) groups is 4. The minimum Gasteiger partial charge on any atom is -0.543 e. The second-order valence-corrected chi connectivity index (χ2v) is 8.47. The van der Waals surface area contributed by atoms with Gasteiger partial charge in [0.05, 0.1) is 11.7 Å². The summed E-state index contributed by atoms with van der Waals surface area (Å²) in [5.41, 5.74) is 5.01. The van der Waals surface area contributed by atoms with Crippen LogP contribution in [0.25, 0.3) is 0 Å². The number of β-lactam (4-membered cyclic amide) rings is 1. The minimum absolute atomic E-state index is 0. The fourth-order valence-corrected chi connectivity index (χ4v) is 4.75. The average molecular weight is 489 g/mol. The molecule has 1 fully saturated rings. The Hall–Kier alpha value is -2.39. The van der Waals surface area contributed by atoms with Gasteiger partial charge in [0, 0.05) is 22.3 Å². The van der Waals surface area contributed by atoms with E-state index in [1.165, 1.54) is 24.1 Å². The van der Waals surface area contributed by atoms with E-state index in [2.05, 4.69) is 22.0 Å². The van der Waals surface area contributed by atoms with Crippen molar-refractivity contribution in [2.45, 2.75) is 18.3 Å². The quantitative estimate of drug-likeness (QED) is 0.0640. The van der Waals surface area contributed by atoms with Crippen LogP contribution < -0.4 is 45.7 Å². The maximum Gasteiger partial charge on any atom is 1.00 e. The van der Waals surface area contributed by atoms with Crippen LogP contribution in [0.3, 0.4) is 0 Å². The summed E-state index contributed by atoms with van der Waals surface area (Å²) in [5.74, 6) is -3.77. The fraction of sp³-hybridized carbons (Fsp3) is 0.294. The maximum absolute atomic E-state index is 12.6. The van der Waals surface area contributed by atoms with Crippen molar-refractivity contribution in [3.8, 4) is 0 Å². The topological polar surface area (TPSA) is 187 Å². The number of aromatic nitrogens is 1. The van der Waals surface area contributed by atoms with Gasteiger partial charge in [-0.1, -0.05) is 11.7 Å². The predicted octanol–water partition coefficient (Wildman–Crippen LogP) is -4.57. The van der Waals surface area contributed by atoms with Gasteiger partial charge in [0.25, 0.3) is 11.8 Å². The number of hydrogen-bond acceptors (Lipinski definition) is 12. The Morgan fingerprint density at radius 2 is 2.19 bits per heavy atom. The van der Waals surface area contributed by atoms with Crippen molar-refractivity contribution in [2.24, 2.45) is 5.16 Å². The number of esters is 1. The van der Waals surface area contributed by atoms with Crippen LogP contribution in [0.4, 0.5) is 5.13 Å². The summed E-state index contributed by atoms with van der Waals surface area (Å²) in [4.78, 5) is 53.1. The van der Waals surface area contributed by atoms with E-state index >= 15 is 0 Å². The van der Waals surface area contributed by atoms with Crippen molar-refractivity contribution in [1.82, 2.24) is 15.2 Å². The Kier molecular flexibility index (Phi) is 8.47. The molecule has 2 atom stereocenters. The fourth-order valence-electron chi connectivity index (χ4n) is 2.88. The molecule has 4 N–H and O–H groups in total. The number of carboxylic acids is 1. The SMILES string of the molecule is C=C(C)C(=O)OCC1=C(C(=O)[O-])N2C(=O)[C@@H](NC(=O)/C(=N\O)c3csc(N)n3)[C@H]2SC1.[Na+]. The third kappa shape index (κ3) is 4.99. The number of nitrogen functional groups attached to an aromatic ring is 1. The third-order valence-corrected chi connectivity index (χ3v) is 6.35. The molecular formula is C17H16N5NaO7S2. The molecule has 1 saturated heterocycles. The summed E-state index contributed by atoms with van der Waals surface area (Å²) < 4.78 is 4.99. The van der Waals surface area contributed by atoms with Gasteiger partial charge < -0.3 is 30.9 Å². The first-order valence-electron chi connectivity index (χ1n) is 8.60. The molecule has 2 aliphatic rings. The van der Waals surface area contributed by atoms with E-state index in [0.29, 0.717) is 0 Å². The van der Waals surface area contributed by atoms with Crippen LogP contribution in [-0.4, -0.2) is 68.3 Å². The zero-order valence-corrected chi connectivity index (χ0v) is 20.6. The van der Waals surface area contributed by atoms with E-state index in [-0.39, 0.29) is 63.9 Å². The van der Waals surface area contributed by atoms with Crippen LogP contribution in [0.1, 0.15) is 12.6 Å². The number of fused-ring (bicyclic) bond motifs is 1. The summed E-state index contributed by atoms with van der Waals surface area (Å²) in [6.07, 6.45) is 0. The number of rotatable bonds is 7. The predicted molar refractivity (Wildman–Crippen MR) is 108 cm³/mol. The monoisotopic (exact) mass is 489 g/mol. The van der Waals surface area contributed by atoms with E-state index in [1.807, 2.05) is 0 Å². The Morgan fingerprint density at radius 1 is 1.50 bits per heavy atom. The van der Waals surface area contributed by atoms with Gasteiger partial charge in [-0.05, 0) is 6.92 Å². The molecule has 164 valence electrons. The molecule has 2 aliphatic heterocycles. The second kappa shape index (κ2) is 10.5. The Morgan fingerprint density at radius 3 is 2.72 bits per heavy atom. The van der Waals surface area contributed by atoms with E-state index in [1.54, 1.807) is 0 Å². The van der Waals surface area contributed by atoms with Crippen molar-refractivity contribution in [2.75, 3.05) is 18.1 Å². The zero-order chi connectivity index (χ0) is 22.9. The molecule has 0 unspecified atom stereocenters. The Balaban J connectivity index is 0.00000363. The number of nitrogens with one attached hydrogen (secondary N) is 1. The van der Waals surface area contributed by atoms with Gasteiger partial charge >= 0.3 is 35.5 Å². The molecule has 32 heavy (non-hydrogen) atoms. The number of anilines is 1. The number of amides is 2. The normalized spacial score (nSPS) is 20.0. The van der Waals surface area contributed by atoms with Crippen LogP contribution in [0.5, 0.6) is 0 Å². The van der Waals surface area contributed by atoms with Gasteiger partial charge in [0.2, 0.25) is 0 Å². The number of thiazole rings is 1. The van der Waals surface area contributed by atoms with Gasteiger partial charge in [-0.3, -0.25) is 14.5 Å². The van der Waals surface area contributed by atoms with Gasteiger partial charge in [-0.15, -0.1) is 23.1 Å². The summed E-state index contributed by atoms with van der Waals surface area (Å²) >= 11 is 2.20. The summed E-state index contributed by atoms with van der Waals surface area (Å²) in [6, 6.07) is -1.07. The molecule has 12 nitrogen and oxygen atoms in total. The molecule has 15 heteroatoms. The Bertz CT molecular complexity index is 1050. The summed E-state index contributed by atoms with van der Waals surface area (Å²) in [7, 11) is 0. The molecule has 0 aromatic carbocycles. The molecule has 1 aromatic rings. The molecule has 2 amide bonds. The van der Waals surface area contributed by atoms with Crippen LogP contribution in [-0.2, 0) is 23.9 Å². The number of thioether (sulfide) groups is 1. The summed E-state index contributed by atoms with van der Waals surface area (Å²) in [5, 5.41) is 27.0. The van der Waals surface area contributed by atoms with Crippen molar-refractivity contribution in [1.29, 1.82) is 0 Å². The number of hydrogen-bond donors (Lipinski definition) is 3. The number of carboxylic acid groups (broad SMARTS) is 1. The van der Waals surface area contributed by atoms with E-state index in [0.717, 1.165) is 16.2 Å². The van der Waals surface area contributed by atoms with Crippen LogP contribution >= 0.6 is 23.1 Å². The largest absolute Gasteiger partial charge is 1.00 e. The summed E-state index contributed by atoms with van der Waals surface area (Å²) in [6.45, 7) is 4.54. The molecule has 0 aliphatic carbocycles. The van der Waals surface area contributed by atoms with Gasteiger partial charge in [-0.2, -0.15) is 0 Å². The average Bonchev–Trinajstić information content (AvgIpc) is 3.15. The maximum atomic E-state index is 12.6. The van der Waals surface area contributed by atoms with Crippen LogP contribution in [0, 0.1) is 0 Å². The standard InChI is InChI=1S/C17H17N5O7S2.Na/c1-6(2)16(27)29-3-7-4-30-14-10(13(24)22(14)11(7)15(25)26)20-12(23)9(21-28)8-5-31-17(18)19-8;/h5,10,14,28H,1,3-4H2,2H3,(H2,18,19)(H,20,23)(H,25,26);/q;+1/p-1/b21-9-;/t10-,14-;/m1./s1. The molecular weight excluding hydrogens is 473 g/mol. The van der Waals surface area contributed by atoms with Crippen molar-refractivity contribution < 1.29 is 63.8 Å². The molecule has 0 saturated carbocycles. The third-order valence-electron chi connectivity index (χ3n) is 4.33. The van der Waals surface area contributed by atoms with Crippen LogP contribution in [0.15, 0.2) is 34.0 Å². The van der Waals surface area contributed by atoms with Crippen molar-refractivity contribution >= 4 is 57.7 Å². The van der Waals surface area contributed by atoms with Gasteiger partial charge in [-0.25, -0.2) is 9.78 Å². The van der Waals surface area contributed by atoms with Gasteiger partial charge in [0.1, 0.15) is 23.7 Å². The van der Waals surface area contributed by atoms with Gasteiger partial charge in [0.15, 0.2) is 10.8 Å². The second-order valence-electron chi connectivity index (χ2n) is 6.48.